The summed E-state index contributed by atoms with van der Waals surface area (Å²) in [5, 5.41) is 22.0. The molecule has 8 nitrogen and oxygen atoms in total. The van der Waals surface area contributed by atoms with Crippen molar-refractivity contribution >= 4 is 22.5 Å². The largest absolute Gasteiger partial charge is 0.337 e. The Kier molecular flexibility index (Phi) is 4.12. The number of nitro groups is 1. The van der Waals surface area contributed by atoms with Crippen molar-refractivity contribution in [2.75, 3.05) is 19.6 Å². The molecule has 2 fully saturated rings. The SMILES string of the molecule is O=C(c1n[nH]c2ccc([N+](=O)[O-])cc12)N1CCC(NCC2CC2)CC1. The maximum Gasteiger partial charge on any atom is 0.274 e. The molecular formula is C17H21N5O3. The Hall–Kier alpha value is -2.48. The maximum atomic E-state index is 12.8. The highest BCUT2D eigenvalue weighted by molar-refractivity contribution is 6.05. The number of hydrogen-bond donors (Lipinski definition) is 2. The van der Waals surface area contributed by atoms with Gasteiger partial charge in [-0.25, -0.2) is 0 Å². The zero-order valence-electron chi connectivity index (χ0n) is 13.9. The molecule has 4 rings (SSSR count). The Morgan fingerprint density at radius 2 is 2.08 bits per heavy atom. The van der Waals surface area contributed by atoms with Crippen molar-refractivity contribution < 1.29 is 9.72 Å². The van der Waals surface area contributed by atoms with Gasteiger partial charge in [-0.05, 0) is 44.2 Å². The van der Waals surface area contributed by atoms with E-state index in [4.69, 9.17) is 0 Å². The molecule has 8 heteroatoms. The normalized spacial score (nSPS) is 18.6. The molecule has 0 atom stereocenters. The number of likely N-dealkylation sites (tertiary alicyclic amines) is 1. The number of carbonyl (C=O) groups excluding carboxylic acids is 1. The first kappa shape index (κ1) is 16.0. The fourth-order valence-electron chi connectivity index (χ4n) is 3.37. The maximum absolute atomic E-state index is 12.8. The number of fused-ring (bicyclic) bond motifs is 1. The van der Waals surface area contributed by atoms with E-state index in [1.807, 2.05) is 0 Å². The molecule has 2 aliphatic rings. The Labute approximate surface area is 144 Å². The monoisotopic (exact) mass is 343 g/mol. The minimum atomic E-state index is -0.461. The van der Waals surface area contributed by atoms with E-state index in [1.165, 1.54) is 25.0 Å². The third-order valence-corrected chi connectivity index (χ3v) is 5.13. The highest BCUT2D eigenvalue weighted by Gasteiger charge is 2.28. The molecule has 0 unspecified atom stereocenters. The lowest BCUT2D eigenvalue weighted by molar-refractivity contribution is -0.384. The summed E-state index contributed by atoms with van der Waals surface area (Å²) in [6, 6.07) is 4.88. The number of amides is 1. The lowest BCUT2D eigenvalue weighted by Gasteiger charge is -2.32. The lowest BCUT2D eigenvalue weighted by Crippen LogP contribution is -2.45. The fourth-order valence-corrected chi connectivity index (χ4v) is 3.37. The first-order valence-corrected chi connectivity index (χ1v) is 8.77. The minimum Gasteiger partial charge on any atom is -0.337 e. The number of carbonyl (C=O) groups is 1. The van der Waals surface area contributed by atoms with Crippen LogP contribution in [0.2, 0.25) is 0 Å². The number of nitrogens with zero attached hydrogens (tertiary/aromatic N) is 3. The van der Waals surface area contributed by atoms with E-state index in [-0.39, 0.29) is 17.3 Å². The molecule has 1 aromatic heterocycles. The van der Waals surface area contributed by atoms with Gasteiger partial charge in [-0.1, -0.05) is 0 Å². The zero-order chi connectivity index (χ0) is 17.4. The van der Waals surface area contributed by atoms with E-state index in [0.29, 0.717) is 30.0 Å². The topological polar surface area (TPSA) is 104 Å². The first-order valence-electron chi connectivity index (χ1n) is 8.77. The number of rotatable bonds is 5. The molecule has 2 heterocycles. The van der Waals surface area contributed by atoms with Gasteiger partial charge in [0, 0.05) is 36.7 Å². The van der Waals surface area contributed by atoms with Crippen LogP contribution in [-0.2, 0) is 0 Å². The summed E-state index contributed by atoms with van der Waals surface area (Å²) in [7, 11) is 0. The third-order valence-electron chi connectivity index (χ3n) is 5.13. The molecule has 1 saturated carbocycles. The van der Waals surface area contributed by atoms with Crippen LogP contribution in [0.25, 0.3) is 10.9 Å². The second-order valence-electron chi connectivity index (χ2n) is 6.98. The van der Waals surface area contributed by atoms with E-state index < -0.39 is 4.92 Å². The summed E-state index contributed by atoms with van der Waals surface area (Å²) in [6.45, 7) is 2.46. The summed E-state index contributed by atoms with van der Waals surface area (Å²) >= 11 is 0. The van der Waals surface area contributed by atoms with Crippen molar-refractivity contribution in [1.82, 2.24) is 20.4 Å². The summed E-state index contributed by atoms with van der Waals surface area (Å²) < 4.78 is 0. The van der Waals surface area contributed by atoms with Crippen LogP contribution in [0.1, 0.15) is 36.2 Å². The number of nitro benzene ring substituents is 1. The molecule has 0 spiro atoms. The van der Waals surface area contributed by atoms with Crippen molar-refractivity contribution in [2.45, 2.75) is 31.7 Å². The van der Waals surface area contributed by atoms with Gasteiger partial charge in [0.2, 0.25) is 0 Å². The van der Waals surface area contributed by atoms with Crippen LogP contribution in [0.4, 0.5) is 5.69 Å². The van der Waals surface area contributed by atoms with Gasteiger partial charge in [0.15, 0.2) is 5.69 Å². The van der Waals surface area contributed by atoms with Crippen molar-refractivity contribution in [3.8, 4) is 0 Å². The van der Waals surface area contributed by atoms with Gasteiger partial charge in [0.1, 0.15) is 0 Å². The van der Waals surface area contributed by atoms with Crippen molar-refractivity contribution in [3.63, 3.8) is 0 Å². The number of non-ortho nitro benzene ring substituents is 1. The number of piperidine rings is 1. The highest BCUT2D eigenvalue weighted by atomic mass is 16.6. The number of nitrogens with one attached hydrogen (secondary N) is 2. The molecule has 25 heavy (non-hydrogen) atoms. The molecule has 0 bridgehead atoms. The quantitative estimate of drug-likeness (QED) is 0.639. The number of hydrogen-bond acceptors (Lipinski definition) is 5. The molecule has 132 valence electrons. The van der Waals surface area contributed by atoms with Crippen molar-refractivity contribution in [3.05, 3.63) is 34.0 Å². The van der Waals surface area contributed by atoms with Gasteiger partial charge in [-0.3, -0.25) is 20.0 Å². The van der Waals surface area contributed by atoms with Crippen LogP contribution < -0.4 is 5.32 Å². The summed E-state index contributed by atoms with van der Waals surface area (Å²) in [6.07, 6.45) is 4.54. The number of aromatic nitrogens is 2. The van der Waals surface area contributed by atoms with Gasteiger partial charge in [-0.15, -0.1) is 0 Å². The fraction of sp³-hybridized carbons (Fsp3) is 0.529. The van der Waals surface area contributed by atoms with Crippen LogP contribution in [0.15, 0.2) is 18.2 Å². The summed E-state index contributed by atoms with van der Waals surface area (Å²) in [5.41, 5.74) is 0.865. The van der Waals surface area contributed by atoms with Crippen LogP contribution in [-0.4, -0.2) is 51.6 Å². The Balaban J connectivity index is 1.44. The Morgan fingerprint density at radius 1 is 1.32 bits per heavy atom. The van der Waals surface area contributed by atoms with Crippen LogP contribution in [0.3, 0.4) is 0 Å². The summed E-state index contributed by atoms with van der Waals surface area (Å²) in [4.78, 5) is 25.1. The molecular weight excluding hydrogens is 322 g/mol. The number of H-pyrrole nitrogens is 1. The van der Waals surface area contributed by atoms with E-state index in [0.717, 1.165) is 25.3 Å². The third kappa shape index (κ3) is 3.34. The average Bonchev–Trinajstić information content (AvgIpc) is 3.36. The molecule has 2 aromatic rings. The molecule has 1 saturated heterocycles. The molecule has 1 aromatic carbocycles. The van der Waals surface area contributed by atoms with Crippen molar-refractivity contribution in [1.29, 1.82) is 0 Å². The lowest BCUT2D eigenvalue weighted by atomic mass is 10.0. The van der Waals surface area contributed by atoms with Gasteiger partial charge >= 0.3 is 0 Å². The standard InChI is InChI=1S/C17H21N5O3/c23-17(21-7-5-12(6-8-21)18-10-11-1-2-11)16-14-9-13(22(24)25)3-4-15(14)19-20-16/h3-4,9,11-12,18H,1-2,5-8,10H2,(H,19,20). The Morgan fingerprint density at radius 3 is 2.76 bits per heavy atom. The Bertz CT molecular complexity index is 806. The van der Waals surface area contributed by atoms with Crippen LogP contribution >= 0.6 is 0 Å². The summed E-state index contributed by atoms with van der Waals surface area (Å²) in [5.74, 6) is 0.693. The van der Waals surface area contributed by atoms with Gasteiger partial charge in [0.25, 0.3) is 11.6 Å². The van der Waals surface area contributed by atoms with E-state index in [9.17, 15) is 14.9 Å². The molecule has 0 radical (unpaired) electrons. The molecule has 1 aliphatic carbocycles. The first-order chi connectivity index (χ1) is 12.1. The van der Waals surface area contributed by atoms with Crippen LogP contribution in [0, 0.1) is 16.0 Å². The zero-order valence-corrected chi connectivity index (χ0v) is 13.9. The van der Waals surface area contributed by atoms with Crippen LogP contribution in [0.5, 0.6) is 0 Å². The minimum absolute atomic E-state index is 0.0362. The predicted molar refractivity (Wildman–Crippen MR) is 92.4 cm³/mol. The van der Waals surface area contributed by atoms with E-state index >= 15 is 0 Å². The second kappa shape index (κ2) is 6.44. The second-order valence-corrected chi connectivity index (χ2v) is 6.98. The van der Waals surface area contributed by atoms with E-state index in [2.05, 4.69) is 15.5 Å². The van der Waals surface area contributed by atoms with Gasteiger partial charge in [0.05, 0.1) is 10.4 Å². The molecule has 1 aliphatic heterocycles. The molecule has 2 N–H and O–H groups in total. The predicted octanol–water partition coefficient (Wildman–Crippen LogP) is 2.08. The number of aromatic amines is 1. The van der Waals surface area contributed by atoms with E-state index in [1.54, 1.807) is 11.0 Å². The number of benzene rings is 1. The van der Waals surface area contributed by atoms with Gasteiger partial charge in [-0.2, -0.15) is 5.10 Å². The molecule has 1 amide bonds. The smallest absolute Gasteiger partial charge is 0.274 e. The highest BCUT2D eigenvalue weighted by Crippen LogP contribution is 2.28. The van der Waals surface area contributed by atoms with Gasteiger partial charge < -0.3 is 10.2 Å². The average molecular weight is 343 g/mol. The van der Waals surface area contributed by atoms with Crippen molar-refractivity contribution in [2.24, 2.45) is 5.92 Å².